The molecule has 0 bridgehead atoms. The zero-order valence-corrected chi connectivity index (χ0v) is 14.8. The third-order valence-corrected chi connectivity index (χ3v) is 3.57. The van der Waals surface area contributed by atoms with Gasteiger partial charge in [-0.15, -0.1) is 12.6 Å². The molecule has 1 rings (SSSR count). The van der Waals surface area contributed by atoms with Crippen molar-refractivity contribution in [2.45, 2.75) is 23.8 Å². The molecule has 2 amide bonds. The van der Waals surface area contributed by atoms with E-state index >= 15 is 0 Å². The van der Waals surface area contributed by atoms with Gasteiger partial charge in [0.2, 0.25) is 11.8 Å². The lowest BCUT2D eigenvalue weighted by Gasteiger charge is -2.15. The number of hydrogen-bond acceptors (Lipinski definition) is 6. The molecule has 0 aliphatic heterocycles. The summed E-state index contributed by atoms with van der Waals surface area (Å²) in [5.41, 5.74) is 0.564. The maximum atomic E-state index is 12.4. The van der Waals surface area contributed by atoms with E-state index in [1.807, 2.05) is 0 Å². The maximum Gasteiger partial charge on any atom is 0.305 e. The fraction of sp³-hybridized carbons (Fsp3) is 0.375. The first-order valence-electron chi connectivity index (χ1n) is 7.49. The van der Waals surface area contributed by atoms with Crippen LogP contribution in [0, 0.1) is 0 Å². The second-order valence-electron chi connectivity index (χ2n) is 5.27. The number of carboxylic acids is 1. The molecule has 0 aliphatic carbocycles. The second-order valence-corrected chi connectivity index (χ2v) is 5.78. The molecule has 3 N–H and O–H groups in total. The molecule has 142 valence electrons. The van der Waals surface area contributed by atoms with Crippen LogP contribution >= 0.6 is 12.6 Å². The molecule has 10 heteroatoms. The Morgan fingerprint density at radius 1 is 1.27 bits per heavy atom. The SMILES string of the molecule is COc1ccc(S)cc1CC(=O)NCC(=O)NC(CC(=O)O)C(=O)CF. The number of benzene rings is 1. The lowest BCUT2D eigenvalue weighted by atomic mass is 10.1. The normalized spacial score (nSPS) is 11.3. The third-order valence-electron chi connectivity index (χ3n) is 3.30. The average Bonchev–Trinajstić information content (AvgIpc) is 2.58. The first kappa shape index (κ1) is 21.4. The highest BCUT2D eigenvalue weighted by atomic mass is 32.1. The molecule has 1 atom stereocenters. The number of carbonyl (C=O) groups is 4. The maximum absolute atomic E-state index is 12.4. The van der Waals surface area contributed by atoms with E-state index in [1.165, 1.54) is 7.11 Å². The number of hydrogen-bond donors (Lipinski definition) is 4. The highest BCUT2D eigenvalue weighted by Gasteiger charge is 2.23. The molecule has 0 spiro atoms. The molecule has 0 radical (unpaired) electrons. The van der Waals surface area contributed by atoms with Crippen LogP contribution in [0.1, 0.15) is 12.0 Å². The fourth-order valence-electron chi connectivity index (χ4n) is 2.08. The van der Waals surface area contributed by atoms with Crippen LogP contribution < -0.4 is 15.4 Å². The highest BCUT2D eigenvalue weighted by molar-refractivity contribution is 7.80. The lowest BCUT2D eigenvalue weighted by molar-refractivity contribution is -0.140. The Kier molecular flexibility index (Phi) is 8.56. The predicted molar refractivity (Wildman–Crippen MR) is 92.1 cm³/mol. The first-order valence-corrected chi connectivity index (χ1v) is 7.94. The quantitative estimate of drug-likeness (QED) is 0.425. The van der Waals surface area contributed by atoms with Crippen LogP contribution in [0.5, 0.6) is 5.75 Å². The average molecular weight is 386 g/mol. The van der Waals surface area contributed by atoms with Crippen molar-refractivity contribution in [2.24, 2.45) is 0 Å². The Morgan fingerprint density at radius 2 is 1.96 bits per heavy atom. The van der Waals surface area contributed by atoms with E-state index in [0.29, 0.717) is 16.2 Å². The van der Waals surface area contributed by atoms with E-state index in [9.17, 15) is 23.6 Å². The zero-order chi connectivity index (χ0) is 19.7. The number of carbonyl (C=O) groups excluding carboxylic acids is 3. The molecule has 0 heterocycles. The topological polar surface area (TPSA) is 122 Å². The van der Waals surface area contributed by atoms with Gasteiger partial charge in [0.05, 0.1) is 26.5 Å². The number of alkyl halides is 1. The molecule has 0 aromatic heterocycles. The Morgan fingerprint density at radius 3 is 2.54 bits per heavy atom. The molecular formula is C16H19FN2O6S. The van der Waals surface area contributed by atoms with Crippen LogP contribution in [0.25, 0.3) is 0 Å². The largest absolute Gasteiger partial charge is 0.496 e. The number of Topliss-reactive ketones (excluding diaryl/α,β-unsaturated/α-hetero) is 1. The monoisotopic (exact) mass is 386 g/mol. The Hall–Kier alpha value is -2.62. The number of ether oxygens (including phenoxy) is 1. The summed E-state index contributed by atoms with van der Waals surface area (Å²) in [6.45, 7) is -1.89. The van der Waals surface area contributed by atoms with Crippen molar-refractivity contribution in [1.82, 2.24) is 10.6 Å². The van der Waals surface area contributed by atoms with Gasteiger partial charge in [0, 0.05) is 10.5 Å². The predicted octanol–water partition coefficient (Wildman–Crippen LogP) is 0.141. The number of amides is 2. The summed E-state index contributed by atoms with van der Waals surface area (Å²) in [5, 5.41) is 13.1. The van der Waals surface area contributed by atoms with Crippen molar-refractivity contribution >= 4 is 36.2 Å². The smallest absolute Gasteiger partial charge is 0.305 e. The van der Waals surface area contributed by atoms with E-state index < -0.39 is 49.2 Å². The summed E-state index contributed by atoms with van der Waals surface area (Å²) in [7, 11) is 1.45. The number of halogens is 1. The Balaban J connectivity index is 2.58. The summed E-state index contributed by atoms with van der Waals surface area (Å²) in [6, 6.07) is 3.51. The van der Waals surface area contributed by atoms with Gasteiger partial charge in [0.1, 0.15) is 18.5 Å². The fourth-order valence-corrected chi connectivity index (χ4v) is 2.31. The molecule has 0 fully saturated rings. The van der Waals surface area contributed by atoms with Gasteiger partial charge in [-0.05, 0) is 18.2 Å². The summed E-state index contributed by atoms with van der Waals surface area (Å²) in [5.74, 6) is -3.23. The van der Waals surface area contributed by atoms with E-state index in [2.05, 4.69) is 23.3 Å². The molecule has 1 aromatic rings. The van der Waals surface area contributed by atoms with Crippen molar-refractivity contribution in [2.75, 3.05) is 20.3 Å². The molecule has 8 nitrogen and oxygen atoms in total. The molecule has 26 heavy (non-hydrogen) atoms. The Bertz CT molecular complexity index is 697. The van der Waals surface area contributed by atoms with Crippen molar-refractivity contribution in [3.63, 3.8) is 0 Å². The van der Waals surface area contributed by atoms with Gasteiger partial charge in [0.15, 0.2) is 5.78 Å². The van der Waals surface area contributed by atoms with Gasteiger partial charge in [-0.2, -0.15) is 0 Å². The summed E-state index contributed by atoms with van der Waals surface area (Å²) >= 11 is 4.18. The summed E-state index contributed by atoms with van der Waals surface area (Å²) in [4.78, 5) is 46.3. The van der Waals surface area contributed by atoms with Gasteiger partial charge in [-0.25, -0.2) is 4.39 Å². The first-order chi connectivity index (χ1) is 12.3. The van der Waals surface area contributed by atoms with E-state index in [4.69, 9.17) is 9.84 Å². The van der Waals surface area contributed by atoms with Gasteiger partial charge in [-0.3, -0.25) is 19.2 Å². The number of rotatable bonds is 10. The highest BCUT2D eigenvalue weighted by Crippen LogP contribution is 2.22. The van der Waals surface area contributed by atoms with Gasteiger partial charge in [0.25, 0.3) is 0 Å². The molecule has 0 saturated carbocycles. The van der Waals surface area contributed by atoms with Crippen molar-refractivity contribution < 1.29 is 33.4 Å². The minimum absolute atomic E-state index is 0.0766. The van der Waals surface area contributed by atoms with E-state index in [-0.39, 0.29) is 6.42 Å². The minimum Gasteiger partial charge on any atom is -0.496 e. The number of thiol groups is 1. The third kappa shape index (κ3) is 7.09. The summed E-state index contributed by atoms with van der Waals surface area (Å²) < 4.78 is 17.5. The van der Waals surface area contributed by atoms with Crippen LogP contribution in [0.3, 0.4) is 0 Å². The van der Waals surface area contributed by atoms with Crippen molar-refractivity contribution in [1.29, 1.82) is 0 Å². The van der Waals surface area contributed by atoms with Gasteiger partial charge >= 0.3 is 5.97 Å². The lowest BCUT2D eigenvalue weighted by Crippen LogP contribution is -2.47. The number of methoxy groups -OCH3 is 1. The number of carboxylic acid groups (broad SMARTS) is 1. The van der Waals surface area contributed by atoms with Crippen LogP contribution in [0.2, 0.25) is 0 Å². The molecule has 0 aliphatic rings. The van der Waals surface area contributed by atoms with Crippen molar-refractivity contribution in [3.8, 4) is 5.75 Å². The van der Waals surface area contributed by atoms with Crippen molar-refractivity contribution in [3.05, 3.63) is 23.8 Å². The van der Waals surface area contributed by atoms with E-state index in [1.54, 1.807) is 18.2 Å². The van der Waals surface area contributed by atoms with Crippen LogP contribution in [0.15, 0.2) is 23.1 Å². The summed E-state index contributed by atoms with van der Waals surface area (Å²) in [6.07, 6.45) is -0.818. The number of aliphatic carboxylic acids is 1. The van der Waals surface area contributed by atoms with Crippen LogP contribution in [-0.2, 0) is 25.6 Å². The molecular weight excluding hydrogens is 367 g/mol. The van der Waals surface area contributed by atoms with Gasteiger partial charge in [-0.1, -0.05) is 0 Å². The zero-order valence-electron chi connectivity index (χ0n) is 14.0. The second kappa shape index (κ2) is 10.4. The standard InChI is InChI=1S/C16H19FN2O6S/c1-25-13-3-2-10(26)4-9(13)5-14(21)18-8-15(22)19-11(6-16(23)24)12(20)7-17/h2-4,11,26H,5-8H2,1H3,(H,18,21)(H,19,22)(H,23,24). The van der Waals surface area contributed by atoms with Crippen LogP contribution in [-0.4, -0.2) is 55.0 Å². The molecule has 1 aromatic carbocycles. The molecule has 1 unspecified atom stereocenters. The number of ketones is 1. The Labute approximate surface area is 154 Å². The van der Waals surface area contributed by atoms with Gasteiger partial charge < -0.3 is 20.5 Å². The number of nitrogens with one attached hydrogen (secondary N) is 2. The van der Waals surface area contributed by atoms with Crippen LogP contribution in [0.4, 0.5) is 4.39 Å². The molecule has 0 saturated heterocycles. The minimum atomic E-state index is -1.48. The van der Waals surface area contributed by atoms with E-state index in [0.717, 1.165) is 0 Å².